The van der Waals surface area contributed by atoms with Crippen LogP contribution in [0.2, 0.25) is 0 Å². The molecular weight excluding hydrogens is 287 g/mol. The fraction of sp³-hybridized carbons (Fsp3) is 0.333. The number of nitrogens with zero attached hydrogens (tertiary/aromatic N) is 4. The van der Waals surface area contributed by atoms with E-state index in [1.165, 1.54) is 23.1 Å². The maximum absolute atomic E-state index is 12.6. The summed E-state index contributed by atoms with van der Waals surface area (Å²) >= 11 is 0. The molecule has 21 heavy (non-hydrogen) atoms. The molecule has 0 spiro atoms. The second kappa shape index (κ2) is 5.90. The van der Waals surface area contributed by atoms with E-state index in [-0.39, 0.29) is 6.54 Å². The number of carbonyl (C=O) groups is 1. The SMILES string of the molecule is CC(NC(=O)Cn1cnnn1)c1cccc(C(F)(F)F)c1. The number of nitrogens with one attached hydrogen (secondary N) is 1. The molecule has 0 fully saturated rings. The molecule has 1 amide bonds. The summed E-state index contributed by atoms with van der Waals surface area (Å²) in [6, 6.07) is 4.27. The highest BCUT2D eigenvalue weighted by atomic mass is 19.4. The molecule has 0 bridgehead atoms. The zero-order valence-corrected chi connectivity index (χ0v) is 11.0. The van der Waals surface area contributed by atoms with Gasteiger partial charge in [-0.1, -0.05) is 12.1 Å². The molecule has 9 heteroatoms. The van der Waals surface area contributed by atoms with Gasteiger partial charge < -0.3 is 5.32 Å². The number of tetrazole rings is 1. The molecule has 0 radical (unpaired) electrons. The standard InChI is InChI=1S/C12H12F3N5O/c1-8(17-11(21)6-20-7-16-18-19-20)9-3-2-4-10(5-9)12(13,14)15/h2-5,7-8H,6H2,1H3,(H,17,21). The van der Waals surface area contributed by atoms with Gasteiger partial charge >= 0.3 is 6.18 Å². The first-order valence-electron chi connectivity index (χ1n) is 6.03. The molecule has 1 heterocycles. The number of halogens is 3. The second-order valence-electron chi connectivity index (χ2n) is 4.42. The van der Waals surface area contributed by atoms with Gasteiger partial charge in [-0.15, -0.1) is 5.10 Å². The fourth-order valence-electron chi connectivity index (χ4n) is 1.75. The van der Waals surface area contributed by atoms with Gasteiger partial charge in [-0.25, -0.2) is 4.68 Å². The Labute approximate surface area is 118 Å². The Morgan fingerprint density at radius 1 is 1.43 bits per heavy atom. The van der Waals surface area contributed by atoms with Gasteiger partial charge in [-0.2, -0.15) is 13.2 Å². The highest BCUT2D eigenvalue weighted by molar-refractivity contribution is 5.76. The lowest BCUT2D eigenvalue weighted by Gasteiger charge is -2.16. The van der Waals surface area contributed by atoms with Crippen LogP contribution in [0.1, 0.15) is 24.1 Å². The largest absolute Gasteiger partial charge is 0.416 e. The van der Waals surface area contributed by atoms with E-state index in [0.29, 0.717) is 5.56 Å². The van der Waals surface area contributed by atoms with Crippen molar-refractivity contribution in [2.75, 3.05) is 0 Å². The smallest absolute Gasteiger partial charge is 0.348 e. The zero-order valence-electron chi connectivity index (χ0n) is 11.0. The van der Waals surface area contributed by atoms with Crippen LogP contribution in [0.5, 0.6) is 0 Å². The van der Waals surface area contributed by atoms with E-state index in [2.05, 4.69) is 20.8 Å². The molecule has 1 N–H and O–H groups in total. The van der Waals surface area contributed by atoms with Crippen LogP contribution in [0.25, 0.3) is 0 Å². The lowest BCUT2D eigenvalue weighted by molar-refractivity contribution is -0.137. The number of alkyl halides is 3. The minimum absolute atomic E-state index is 0.101. The van der Waals surface area contributed by atoms with E-state index in [4.69, 9.17) is 0 Å². The van der Waals surface area contributed by atoms with Crippen molar-refractivity contribution in [2.24, 2.45) is 0 Å². The molecule has 6 nitrogen and oxygen atoms in total. The number of carbonyl (C=O) groups excluding carboxylic acids is 1. The fourth-order valence-corrected chi connectivity index (χ4v) is 1.75. The molecule has 2 aromatic rings. The van der Waals surface area contributed by atoms with Gasteiger partial charge in [0, 0.05) is 0 Å². The van der Waals surface area contributed by atoms with Gasteiger partial charge in [-0.3, -0.25) is 4.79 Å². The summed E-state index contributed by atoms with van der Waals surface area (Å²) in [6.07, 6.45) is -3.14. The summed E-state index contributed by atoms with van der Waals surface area (Å²) in [5.74, 6) is -0.396. The Kier molecular flexibility index (Phi) is 4.20. The van der Waals surface area contributed by atoms with Crippen LogP contribution in [0.4, 0.5) is 13.2 Å². The third kappa shape index (κ3) is 4.01. The van der Waals surface area contributed by atoms with Crippen LogP contribution >= 0.6 is 0 Å². The maximum atomic E-state index is 12.6. The molecule has 1 atom stereocenters. The molecule has 0 saturated heterocycles. The normalized spacial score (nSPS) is 13.0. The van der Waals surface area contributed by atoms with Gasteiger partial charge in [0.25, 0.3) is 0 Å². The highest BCUT2D eigenvalue weighted by Gasteiger charge is 2.30. The number of hydrogen-bond acceptors (Lipinski definition) is 4. The quantitative estimate of drug-likeness (QED) is 0.930. The van der Waals surface area contributed by atoms with Crippen LogP contribution in [-0.2, 0) is 17.5 Å². The van der Waals surface area contributed by atoms with E-state index in [1.54, 1.807) is 6.92 Å². The Hall–Kier alpha value is -2.45. The van der Waals surface area contributed by atoms with E-state index < -0.39 is 23.7 Å². The second-order valence-corrected chi connectivity index (χ2v) is 4.42. The van der Waals surface area contributed by atoms with Crippen LogP contribution in [-0.4, -0.2) is 26.1 Å². The monoisotopic (exact) mass is 299 g/mol. The third-order valence-corrected chi connectivity index (χ3v) is 2.79. The molecule has 1 aromatic heterocycles. The van der Waals surface area contributed by atoms with Gasteiger partial charge in [-0.05, 0) is 35.0 Å². The first-order chi connectivity index (χ1) is 9.86. The van der Waals surface area contributed by atoms with Crippen molar-refractivity contribution < 1.29 is 18.0 Å². The zero-order chi connectivity index (χ0) is 15.5. The minimum atomic E-state index is -4.41. The number of benzene rings is 1. The van der Waals surface area contributed by atoms with Crippen molar-refractivity contribution in [3.8, 4) is 0 Å². The van der Waals surface area contributed by atoms with Crippen molar-refractivity contribution in [2.45, 2.75) is 25.7 Å². The molecule has 1 unspecified atom stereocenters. The van der Waals surface area contributed by atoms with Crippen LogP contribution in [0.15, 0.2) is 30.6 Å². The van der Waals surface area contributed by atoms with Gasteiger partial charge in [0.05, 0.1) is 11.6 Å². The summed E-state index contributed by atoms with van der Waals surface area (Å²) in [4.78, 5) is 11.7. The van der Waals surface area contributed by atoms with Gasteiger partial charge in [0.2, 0.25) is 5.91 Å². The maximum Gasteiger partial charge on any atom is 0.416 e. The highest BCUT2D eigenvalue weighted by Crippen LogP contribution is 2.30. The molecule has 2 rings (SSSR count). The molecule has 0 saturated carbocycles. The minimum Gasteiger partial charge on any atom is -0.348 e. The average Bonchev–Trinajstić information content (AvgIpc) is 2.90. The predicted molar refractivity (Wildman–Crippen MR) is 65.8 cm³/mol. The van der Waals surface area contributed by atoms with Crippen molar-refractivity contribution in [3.05, 3.63) is 41.7 Å². The van der Waals surface area contributed by atoms with Gasteiger partial charge in [0.1, 0.15) is 12.9 Å². The summed E-state index contributed by atoms with van der Waals surface area (Å²) < 4.78 is 39.1. The van der Waals surface area contributed by atoms with E-state index in [0.717, 1.165) is 12.1 Å². The topological polar surface area (TPSA) is 72.7 Å². The predicted octanol–water partition coefficient (Wildman–Crippen LogP) is 1.57. The molecule has 0 aliphatic rings. The van der Waals surface area contributed by atoms with E-state index in [9.17, 15) is 18.0 Å². The van der Waals surface area contributed by atoms with Gasteiger partial charge in [0.15, 0.2) is 0 Å². The summed E-state index contributed by atoms with van der Waals surface area (Å²) in [5.41, 5.74) is -0.378. The Bertz CT molecular complexity index is 612. The molecule has 0 aliphatic carbocycles. The summed E-state index contributed by atoms with van der Waals surface area (Å²) in [6.45, 7) is 1.50. The van der Waals surface area contributed by atoms with Crippen molar-refractivity contribution in [3.63, 3.8) is 0 Å². The van der Waals surface area contributed by atoms with Crippen LogP contribution in [0.3, 0.4) is 0 Å². The molecule has 112 valence electrons. The third-order valence-electron chi connectivity index (χ3n) is 2.79. The lowest BCUT2D eigenvalue weighted by Crippen LogP contribution is -2.30. The Morgan fingerprint density at radius 3 is 2.81 bits per heavy atom. The number of hydrogen-bond donors (Lipinski definition) is 1. The van der Waals surface area contributed by atoms with E-state index in [1.807, 2.05) is 0 Å². The van der Waals surface area contributed by atoms with Crippen molar-refractivity contribution in [1.82, 2.24) is 25.5 Å². The molecule has 1 aromatic carbocycles. The van der Waals surface area contributed by atoms with Crippen molar-refractivity contribution >= 4 is 5.91 Å². The summed E-state index contributed by atoms with van der Waals surface area (Å²) in [7, 11) is 0. The summed E-state index contributed by atoms with van der Waals surface area (Å²) in [5, 5.41) is 12.9. The van der Waals surface area contributed by atoms with Crippen molar-refractivity contribution in [1.29, 1.82) is 0 Å². The van der Waals surface area contributed by atoms with E-state index >= 15 is 0 Å². The Balaban J connectivity index is 2.03. The van der Waals surface area contributed by atoms with Crippen LogP contribution in [0, 0.1) is 0 Å². The molecule has 0 aliphatic heterocycles. The lowest BCUT2D eigenvalue weighted by atomic mass is 10.0. The number of aromatic nitrogens is 4. The first kappa shape index (κ1) is 14.9. The van der Waals surface area contributed by atoms with Crippen LogP contribution < -0.4 is 5.32 Å². The molecular formula is C12H12F3N5O. The number of rotatable bonds is 4. The first-order valence-corrected chi connectivity index (χ1v) is 6.03. The average molecular weight is 299 g/mol. The Morgan fingerprint density at radius 2 is 2.19 bits per heavy atom. The number of amides is 1.